The summed E-state index contributed by atoms with van der Waals surface area (Å²) in [6.07, 6.45) is 10.6. The van der Waals surface area contributed by atoms with Crippen molar-refractivity contribution in [2.45, 2.75) is 65.7 Å². The smallest absolute Gasteiger partial charge is 0.165 e. The number of ether oxygens (including phenoxy) is 1. The van der Waals surface area contributed by atoms with Gasteiger partial charge in [-0.2, -0.15) is 9.61 Å². The summed E-state index contributed by atoms with van der Waals surface area (Å²) in [5, 5.41) is 4.94. The fraction of sp³-hybridized carbons (Fsp3) is 0.538. The highest BCUT2D eigenvalue weighted by molar-refractivity contribution is 5.83. The average molecular weight is 419 g/mol. The van der Waals surface area contributed by atoms with Gasteiger partial charge in [0.25, 0.3) is 0 Å². The normalized spacial score (nSPS) is 15.5. The van der Waals surface area contributed by atoms with E-state index in [1.165, 1.54) is 65.9 Å². The zero-order chi connectivity index (χ0) is 21.5. The number of benzene rings is 1. The van der Waals surface area contributed by atoms with E-state index in [0.29, 0.717) is 0 Å². The third-order valence-corrected chi connectivity index (χ3v) is 6.91. The molecule has 0 amide bonds. The number of aromatic nitrogens is 3. The van der Waals surface area contributed by atoms with Crippen LogP contribution in [0.5, 0.6) is 5.75 Å². The van der Waals surface area contributed by atoms with Crippen molar-refractivity contribution in [2.75, 3.05) is 25.1 Å². The molecule has 31 heavy (non-hydrogen) atoms. The third kappa shape index (κ3) is 3.68. The van der Waals surface area contributed by atoms with E-state index in [2.05, 4.69) is 42.3 Å². The Labute approximate surface area is 185 Å². The highest BCUT2D eigenvalue weighted by atomic mass is 16.5. The number of hydrogen-bond acceptors (Lipinski definition) is 4. The number of aryl methyl sites for hydroxylation is 3. The summed E-state index contributed by atoms with van der Waals surface area (Å²) in [6, 6.07) is 4.22. The SMILES string of the molecule is CCCCN(CC1CC1)c1c2c(nc3c(-c4c(C)cc(OC)cc4C)cnn13)CCC2. The first-order valence-electron chi connectivity index (χ1n) is 11.9. The van der Waals surface area contributed by atoms with Crippen LogP contribution in [0.1, 0.15) is 61.4 Å². The van der Waals surface area contributed by atoms with E-state index in [1.807, 2.05) is 6.20 Å². The van der Waals surface area contributed by atoms with Crippen molar-refractivity contribution < 1.29 is 4.74 Å². The Hall–Kier alpha value is -2.56. The van der Waals surface area contributed by atoms with E-state index >= 15 is 0 Å². The lowest BCUT2D eigenvalue weighted by Gasteiger charge is -2.27. The maximum Gasteiger partial charge on any atom is 0.165 e. The van der Waals surface area contributed by atoms with Crippen molar-refractivity contribution in [3.8, 4) is 16.9 Å². The topological polar surface area (TPSA) is 42.7 Å². The largest absolute Gasteiger partial charge is 0.497 e. The molecular weight excluding hydrogens is 384 g/mol. The maximum atomic E-state index is 5.48. The molecule has 5 nitrogen and oxygen atoms in total. The first kappa shape index (κ1) is 20.3. The number of unbranched alkanes of at least 4 members (excludes halogenated alkanes) is 1. The second-order valence-corrected chi connectivity index (χ2v) is 9.39. The monoisotopic (exact) mass is 418 g/mol. The van der Waals surface area contributed by atoms with E-state index < -0.39 is 0 Å². The minimum atomic E-state index is 0.846. The number of rotatable bonds is 8. The lowest BCUT2D eigenvalue weighted by Crippen LogP contribution is -2.30. The molecule has 2 heterocycles. The van der Waals surface area contributed by atoms with Crippen LogP contribution in [-0.2, 0) is 12.8 Å². The summed E-state index contributed by atoms with van der Waals surface area (Å²) < 4.78 is 7.64. The minimum absolute atomic E-state index is 0.846. The van der Waals surface area contributed by atoms with Gasteiger partial charge in [-0.1, -0.05) is 13.3 Å². The van der Waals surface area contributed by atoms with Crippen LogP contribution >= 0.6 is 0 Å². The number of hydrogen-bond donors (Lipinski definition) is 0. The summed E-state index contributed by atoms with van der Waals surface area (Å²) in [5.41, 5.74) is 8.49. The van der Waals surface area contributed by atoms with E-state index in [4.69, 9.17) is 14.8 Å². The van der Waals surface area contributed by atoms with Crippen molar-refractivity contribution >= 4 is 11.5 Å². The number of nitrogens with zero attached hydrogens (tertiary/aromatic N) is 4. The third-order valence-electron chi connectivity index (χ3n) is 6.91. The van der Waals surface area contributed by atoms with Gasteiger partial charge in [0, 0.05) is 29.9 Å². The molecule has 2 aliphatic carbocycles. The van der Waals surface area contributed by atoms with Gasteiger partial charge in [0.1, 0.15) is 11.6 Å². The predicted molar refractivity (Wildman–Crippen MR) is 126 cm³/mol. The van der Waals surface area contributed by atoms with Gasteiger partial charge in [-0.25, -0.2) is 4.98 Å². The van der Waals surface area contributed by atoms with Crippen molar-refractivity contribution in [2.24, 2.45) is 5.92 Å². The minimum Gasteiger partial charge on any atom is -0.497 e. The highest BCUT2D eigenvalue weighted by Gasteiger charge is 2.30. The number of anilines is 1. The van der Waals surface area contributed by atoms with E-state index in [1.54, 1.807) is 7.11 Å². The first-order chi connectivity index (χ1) is 15.1. The Bertz CT molecular complexity index is 1090. The molecule has 0 saturated heterocycles. The van der Waals surface area contributed by atoms with Crippen LogP contribution in [0.25, 0.3) is 16.8 Å². The molecule has 2 aliphatic rings. The van der Waals surface area contributed by atoms with Gasteiger partial charge < -0.3 is 9.64 Å². The van der Waals surface area contributed by atoms with Gasteiger partial charge in [0.2, 0.25) is 0 Å². The molecule has 5 rings (SSSR count). The Morgan fingerprint density at radius 1 is 1.16 bits per heavy atom. The van der Waals surface area contributed by atoms with Gasteiger partial charge in [0.05, 0.1) is 13.3 Å². The average Bonchev–Trinajstić information content (AvgIpc) is 3.29. The summed E-state index contributed by atoms with van der Waals surface area (Å²) in [7, 11) is 1.73. The zero-order valence-corrected chi connectivity index (χ0v) is 19.4. The molecule has 2 aromatic heterocycles. The fourth-order valence-corrected chi connectivity index (χ4v) is 5.16. The Morgan fingerprint density at radius 3 is 2.61 bits per heavy atom. The summed E-state index contributed by atoms with van der Waals surface area (Å²) in [4.78, 5) is 7.81. The number of fused-ring (bicyclic) bond motifs is 2. The van der Waals surface area contributed by atoms with Gasteiger partial charge in [-0.15, -0.1) is 0 Å². The van der Waals surface area contributed by atoms with Crippen LogP contribution in [-0.4, -0.2) is 34.8 Å². The molecule has 0 atom stereocenters. The Morgan fingerprint density at radius 2 is 1.94 bits per heavy atom. The van der Waals surface area contributed by atoms with Gasteiger partial charge in [0.15, 0.2) is 5.65 Å². The molecule has 0 radical (unpaired) electrons. The lowest BCUT2D eigenvalue weighted by molar-refractivity contribution is 0.414. The second kappa shape index (κ2) is 8.18. The summed E-state index contributed by atoms with van der Waals surface area (Å²) in [5.74, 6) is 3.06. The van der Waals surface area contributed by atoms with Crippen LogP contribution in [0.4, 0.5) is 5.82 Å². The van der Waals surface area contributed by atoms with Gasteiger partial charge in [-0.05, 0) is 87.1 Å². The number of methoxy groups -OCH3 is 1. The van der Waals surface area contributed by atoms with Crippen LogP contribution in [0.2, 0.25) is 0 Å². The summed E-state index contributed by atoms with van der Waals surface area (Å²) >= 11 is 0. The van der Waals surface area contributed by atoms with Crippen molar-refractivity contribution in [3.05, 3.63) is 40.7 Å². The molecule has 164 valence electrons. The zero-order valence-electron chi connectivity index (χ0n) is 19.4. The molecular formula is C26H34N4O. The molecule has 1 aromatic carbocycles. The molecule has 3 aromatic rings. The molecule has 0 aliphatic heterocycles. The quantitative estimate of drug-likeness (QED) is 0.483. The van der Waals surface area contributed by atoms with E-state index in [9.17, 15) is 0 Å². The lowest BCUT2D eigenvalue weighted by atomic mass is 9.97. The molecule has 1 saturated carbocycles. The first-order valence-corrected chi connectivity index (χ1v) is 11.9. The van der Waals surface area contributed by atoms with Crippen LogP contribution in [0.3, 0.4) is 0 Å². The highest BCUT2D eigenvalue weighted by Crippen LogP contribution is 2.39. The Balaban J connectivity index is 1.68. The Kier molecular flexibility index (Phi) is 5.37. The van der Waals surface area contributed by atoms with Crippen molar-refractivity contribution in [3.63, 3.8) is 0 Å². The molecule has 0 N–H and O–H groups in total. The summed E-state index contributed by atoms with van der Waals surface area (Å²) in [6.45, 7) is 8.85. The van der Waals surface area contributed by atoms with Crippen LogP contribution < -0.4 is 9.64 Å². The standard InChI is InChI=1S/C26H34N4O/c1-5-6-12-29(16-19-10-11-19)26-21-8-7-9-23(21)28-25-22(15-27-30(25)26)24-17(2)13-20(31-4)14-18(24)3/h13-15,19H,5-12,16H2,1-4H3. The predicted octanol–water partition coefficient (Wildman–Crippen LogP) is 5.53. The van der Waals surface area contributed by atoms with Crippen molar-refractivity contribution in [1.29, 1.82) is 0 Å². The second-order valence-electron chi connectivity index (χ2n) is 9.39. The van der Waals surface area contributed by atoms with E-state index in [0.717, 1.165) is 48.8 Å². The van der Waals surface area contributed by atoms with Gasteiger partial charge in [-0.3, -0.25) is 0 Å². The molecule has 1 fully saturated rings. The maximum absolute atomic E-state index is 5.48. The molecule has 0 spiro atoms. The van der Waals surface area contributed by atoms with Crippen LogP contribution in [0, 0.1) is 19.8 Å². The van der Waals surface area contributed by atoms with Crippen molar-refractivity contribution in [1.82, 2.24) is 14.6 Å². The molecule has 5 heteroatoms. The molecule has 0 bridgehead atoms. The van der Waals surface area contributed by atoms with Gasteiger partial charge >= 0.3 is 0 Å². The fourth-order valence-electron chi connectivity index (χ4n) is 5.16. The molecule has 0 unspecified atom stereocenters. The van der Waals surface area contributed by atoms with E-state index in [-0.39, 0.29) is 0 Å². The van der Waals surface area contributed by atoms with Crippen LogP contribution in [0.15, 0.2) is 18.3 Å².